The molecule has 1 aliphatic rings. The molecule has 6 heteroatoms. The lowest BCUT2D eigenvalue weighted by Crippen LogP contribution is -2.42. The molecule has 1 atom stereocenters. The van der Waals surface area contributed by atoms with E-state index < -0.39 is 9.24 Å². The quantitative estimate of drug-likeness (QED) is 0.680. The maximum absolute atomic E-state index is 10.7. The Morgan fingerprint density at radius 2 is 2.17 bits per heavy atom. The van der Waals surface area contributed by atoms with E-state index in [4.69, 9.17) is 15.4 Å². The van der Waals surface area contributed by atoms with Crippen molar-refractivity contribution >= 4 is 19.9 Å². The van der Waals surface area contributed by atoms with Crippen LogP contribution in [0.4, 0.5) is 0 Å². The van der Waals surface area contributed by atoms with Gasteiger partial charge in [0.25, 0.3) is 9.24 Å². The molecule has 0 aliphatic carbocycles. The summed E-state index contributed by atoms with van der Waals surface area (Å²) in [5.74, 6) is 0. The summed E-state index contributed by atoms with van der Waals surface area (Å²) in [5, 5.41) is 0. The molecule has 0 aromatic rings. The smallest absolute Gasteiger partial charge is 0.297 e. The van der Waals surface area contributed by atoms with Gasteiger partial charge in [0.15, 0.2) is 0 Å². The molecule has 1 N–H and O–H groups in total. The van der Waals surface area contributed by atoms with Crippen LogP contribution >= 0.6 is 10.7 Å². The van der Waals surface area contributed by atoms with Gasteiger partial charge in [0.1, 0.15) is 0 Å². The van der Waals surface area contributed by atoms with Crippen molar-refractivity contribution in [1.82, 2.24) is 4.72 Å². The molecule has 0 saturated carbocycles. The van der Waals surface area contributed by atoms with Crippen LogP contribution in [0, 0.1) is 5.41 Å². The molecule has 0 amide bonds. The fourth-order valence-corrected chi connectivity index (χ4v) is 2.18. The number of hydrogen-bond donors (Lipinski definition) is 1. The minimum absolute atomic E-state index is 0.179. The topological polar surface area (TPSA) is 55.4 Å². The second-order valence-corrected chi connectivity index (χ2v) is 5.94. The van der Waals surface area contributed by atoms with E-state index in [2.05, 4.69) is 4.72 Å². The average molecular weight is 214 g/mol. The molecular weight excluding hydrogens is 202 g/mol. The normalized spacial score (nSPS) is 29.1. The maximum Gasteiger partial charge on any atom is 0.297 e. The highest BCUT2D eigenvalue weighted by atomic mass is 35.7. The fraction of sp³-hybridized carbons (Fsp3) is 1.00. The lowest BCUT2D eigenvalue weighted by molar-refractivity contribution is 0.166. The van der Waals surface area contributed by atoms with Crippen LogP contribution in [0.2, 0.25) is 0 Å². The van der Waals surface area contributed by atoms with E-state index in [0.717, 1.165) is 0 Å². The van der Waals surface area contributed by atoms with Crippen molar-refractivity contribution in [2.24, 2.45) is 5.41 Å². The Labute approximate surface area is 76.8 Å². The van der Waals surface area contributed by atoms with E-state index in [1.54, 1.807) is 0 Å². The Kier molecular flexibility index (Phi) is 2.68. The Morgan fingerprint density at radius 3 is 2.50 bits per heavy atom. The first-order valence-electron chi connectivity index (χ1n) is 3.61. The molecule has 1 saturated heterocycles. The van der Waals surface area contributed by atoms with Gasteiger partial charge in [0, 0.05) is 16.1 Å². The minimum Gasteiger partial charge on any atom is -0.379 e. The van der Waals surface area contributed by atoms with Gasteiger partial charge in [-0.1, -0.05) is 13.8 Å². The Bertz CT molecular complexity index is 262. The molecule has 1 heterocycles. The van der Waals surface area contributed by atoms with Gasteiger partial charge in [0.2, 0.25) is 0 Å². The molecule has 0 aromatic carbocycles. The molecule has 1 unspecified atom stereocenters. The molecule has 1 rings (SSSR count). The lowest BCUT2D eigenvalue weighted by Gasteiger charge is -2.23. The van der Waals surface area contributed by atoms with Gasteiger partial charge in [0.05, 0.1) is 19.3 Å². The predicted molar refractivity (Wildman–Crippen MR) is 46.3 cm³/mol. The van der Waals surface area contributed by atoms with Crippen LogP contribution in [0.3, 0.4) is 0 Å². The van der Waals surface area contributed by atoms with Crippen LogP contribution < -0.4 is 4.72 Å². The van der Waals surface area contributed by atoms with E-state index in [9.17, 15) is 8.42 Å². The third-order valence-corrected chi connectivity index (χ3v) is 2.82. The highest BCUT2D eigenvalue weighted by Gasteiger charge is 2.37. The maximum atomic E-state index is 10.7. The second-order valence-electron chi connectivity index (χ2n) is 3.61. The van der Waals surface area contributed by atoms with Crippen molar-refractivity contribution in [2.45, 2.75) is 19.9 Å². The van der Waals surface area contributed by atoms with Gasteiger partial charge < -0.3 is 4.74 Å². The molecule has 4 nitrogen and oxygen atoms in total. The summed E-state index contributed by atoms with van der Waals surface area (Å²) in [6, 6.07) is -0.222. The summed E-state index contributed by atoms with van der Waals surface area (Å²) in [6.45, 7) is 4.80. The Hall–Kier alpha value is 0.160. The molecule has 1 fully saturated rings. The van der Waals surface area contributed by atoms with E-state index >= 15 is 0 Å². The van der Waals surface area contributed by atoms with Gasteiger partial charge in [-0.3, -0.25) is 0 Å². The van der Waals surface area contributed by atoms with Gasteiger partial charge >= 0.3 is 0 Å². The predicted octanol–water partition coefficient (Wildman–Crippen LogP) is 0.485. The number of nitrogens with one attached hydrogen (secondary N) is 1. The zero-order valence-corrected chi connectivity index (χ0v) is 8.57. The van der Waals surface area contributed by atoms with Crippen molar-refractivity contribution < 1.29 is 13.2 Å². The molecular formula is C6H12ClNO3S. The average Bonchev–Trinajstić information content (AvgIpc) is 2.07. The van der Waals surface area contributed by atoms with Crippen molar-refractivity contribution in [3.63, 3.8) is 0 Å². The van der Waals surface area contributed by atoms with Crippen LogP contribution in [0.1, 0.15) is 13.8 Å². The standard InChI is InChI=1S/C6H12ClNO3S/c1-6(2)4-11-3-5(6)8-12(7,9)10/h5,8H,3-4H2,1-2H3. The summed E-state index contributed by atoms with van der Waals surface area (Å²) >= 11 is 0. The van der Waals surface area contributed by atoms with Crippen LogP contribution in [-0.2, 0) is 14.0 Å². The van der Waals surface area contributed by atoms with Crippen LogP contribution in [0.15, 0.2) is 0 Å². The molecule has 0 spiro atoms. The summed E-state index contributed by atoms with van der Waals surface area (Å²) in [7, 11) is 1.41. The highest BCUT2D eigenvalue weighted by Crippen LogP contribution is 2.27. The number of hydrogen-bond acceptors (Lipinski definition) is 3. The first-order chi connectivity index (χ1) is 5.31. The van der Waals surface area contributed by atoms with E-state index in [1.807, 2.05) is 13.8 Å². The largest absolute Gasteiger partial charge is 0.379 e. The Morgan fingerprint density at radius 1 is 1.58 bits per heavy atom. The van der Waals surface area contributed by atoms with Crippen molar-refractivity contribution in [3.05, 3.63) is 0 Å². The third-order valence-electron chi connectivity index (χ3n) is 1.98. The minimum atomic E-state index is -3.64. The number of rotatable bonds is 2. The van der Waals surface area contributed by atoms with E-state index in [-0.39, 0.29) is 11.5 Å². The van der Waals surface area contributed by atoms with E-state index in [1.165, 1.54) is 0 Å². The summed E-state index contributed by atoms with van der Waals surface area (Å²) in [6.07, 6.45) is 0. The molecule has 72 valence electrons. The SMILES string of the molecule is CC1(C)COCC1NS(=O)(=O)Cl. The first-order valence-corrected chi connectivity index (χ1v) is 5.92. The van der Waals surface area contributed by atoms with Gasteiger partial charge in [-0.25, -0.2) is 0 Å². The molecule has 0 aromatic heterocycles. The van der Waals surface area contributed by atoms with Gasteiger partial charge in [-0.2, -0.15) is 13.1 Å². The monoisotopic (exact) mass is 213 g/mol. The summed E-state index contributed by atoms with van der Waals surface area (Å²) in [5.41, 5.74) is -0.179. The third kappa shape index (κ3) is 2.58. The van der Waals surface area contributed by atoms with Crippen molar-refractivity contribution in [2.75, 3.05) is 13.2 Å². The summed E-state index contributed by atoms with van der Waals surface area (Å²) in [4.78, 5) is 0. The van der Waals surface area contributed by atoms with Crippen LogP contribution in [-0.4, -0.2) is 27.7 Å². The molecule has 0 bridgehead atoms. The van der Waals surface area contributed by atoms with Crippen LogP contribution in [0.5, 0.6) is 0 Å². The zero-order chi connectivity index (χ0) is 9.41. The van der Waals surface area contributed by atoms with Crippen LogP contribution in [0.25, 0.3) is 0 Å². The number of halogens is 1. The van der Waals surface area contributed by atoms with Crippen molar-refractivity contribution in [3.8, 4) is 0 Å². The molecule has 12 heavy (non-hydrogen) atoms. The number of ether oxygens (including phenoxy) is 1. The van der Waals surface area contributed by atoms with E-state index in [0.29, 0.717) is 13.2 Å². The summed E-state index contributed by atoms with van der Waals surface area (Å²) < 4.78 is 28.8. The van der Waals surface area contributed by atoms with Gasteiger partial charge in [-0.15, -0.1) is 0 Å². The van der Waals surface area contributed by atoms with Gasteiger partial charge in [-0.05, 0) is 0 Å². The fourth-order valence-electron chi connectivity index (χ4n) is 1.13. The zero-order valence-electron chi connectivity index (χ0n) is 7.00. The highest BCUT2D eigenvalue weighted by molar-refractivity contribution is 8.12. The second kappa shape index (κ2) is 3.14. The lowest BCUT2D eigenvalue weighted by atomic mass is 9.89. The molecule has 1 aliphatic heterocycles. The molecule has 0 radical (unpaired) electrons. The Balaban J connectivity index is 2.65. The van der Waals surface area contributed by atoms with Crippen molar-refractivity contribution in [1.29, 1.82) is 0 Å². The first kappa shape index (κ1) is 10.2.